The van der Waals surface area contributed by atoms with E-state index in [4.69, 9.17) is 14.0 Å². The number of rotatable bonds is 9. The summed E-state index contributed by atoms with van der Waals surface area (Å²) in [6.07, 6.45) is 1.66. The van der Waals surface area contributed by atoms with E-state index in [9.17, 15) is 0 Å². The molecule has 2 N–H and O–H groups in total. The predicted molar refractivity (Wildman–Crippen MR) is 106 cm³/mol. The molecule has 0 saturated carbocycles. The van der Waals surface area contributed by atoms with Gasteiger partial charge in [0, 0.05) is 30.6 Å². The molecular weight excluding hydrogens is 344 g/mol. The van der Waals surface area contributed by atoms with Crippen LogP contribution in [0.1, 0.15) is 43.4 Å². The zero-order chi connectivity index (χ0) is 19.6. The van der Waals surface area contributed by atoms with Crippen molar-refractivity contribution < 1.29 is 14.0 Å². The number of ether oxygens (including phenoxy) is 2. The Hall–Kier alpha value is -2.70. The van der Waals surface area contributed by atoms with Gasteiger partial charge in [-0.2, -0.15) is 0 Å². The van der Waals surface area contributed by atoms with Gasteiger partial charge in [-0.15, -0.1) is 0 Å². The summed E-state index contributed by atoms with van der Waals surface area (Å²) in [5.74, 6) is 3.06. The van der Waals surface area contributed by atoms with Gasteiger partial charge in [-0.1, -0.05) is 31.1 Å². The Kier molecular flexibility index (Phi) is 7.98. The summed E-state index contributed by atoms with van der Waals surface area (Å²) in [4.78, 5) is 4.69. The highest BCUT2D eigenvalue weighted by molar-refractivity contribution is 5.79. The first-order valence-corrected chi connectivity index (χ1v) is 9.36. The minimum Gasteiger partial charge on any atom is -0.493 e. The second-order valence-electron chi connectivity index (χ2n) is 5.94. The number of hydrogen-bond donors (Lipinski definition) is 2. The molecule has 1 aromatic heterocycles. The van der Waals surface area contributed by atoms with Gasteiger partial charge in [0.1, 0.15) is 5.76 Å². The molecule has 0 aliphatic carbocycles. The van der Waals surface area contributed by atoms with Crippen LogP contribution in [0.2, 0.25) is 0 Å². The first-order chi connectivity index (χ1) is 13.2. The van der Waals surface area contributed by atoms with Crippen molar-refractivity contribution in [2.24, 2.45) is 4.99 Å². The molecule has 1 heterocycles. The van der Waals surface area contributed by atoms with Crippen molar-refractivity contribution in [2.45, 2.75) is 46.7 Å². The normalized spacial score (nSPS) is 11.4. The molecule has 0 radical (unpaired) electrons. The summed E-state index contributed by atoms with van der Waals surface area (Å²) in [6, 6.07) is 5.80. The van der Waals surface area contributed by atoms with E-state index in [1.807, 2.05) is 25.1 Å². The summed E-state index contributed by atoms with van der Waals surface area (Å²) in [7, 11) is 3.27. The van der Waals surface area contributed by atoms with Gasteiger partial charge in [-0.05, 0) is 19.4 Å². The maximum absolute atomic E-state index is 5.48. The number of benzene rings is 1. The van der Waals surface area contributed by atoms with E-state index < -0.39 is 0 Å². The molecule has 27 heavy (non-hydrogen) atoms. The molecule has 0 aliphatic rings. The van der Waals surface area contributed by atoms with Gasteiger partial charge in [0.2, 0.25) is 0 Å². The van der Waals surface area contributed by atoms with E-state index in [-0.39, 0.29) is 0 Å². The van der Waals surface area contributed by atoms with Crippen LogP contribution in [0.4, 0.5) is 0 Å². The molecule has 0 atom stereocenters. The fourth-order valence-electron chi connectivity index (χ4n) is 2.89. The van der Waals surface area contributed by atoms with Crippen LogP contribution in [0.15, 0.2) is 27.7 Å². The van der Waals surface area contributed by atoms with Gasteiger partial charge in [-0.3, -0.25) is 0 Å². The average Bonchev–Trinajstić information content (AvgIpc) is 3.11. The van der Waals surface area contributed by atoms with Crippen molar-refractivity contribution in [3.8, 4) is 11.5 Å². The molecule has 0 aliphatic heterocycles. The maximum atomic E-state index is 5.48. The maximum Gasteiger partial charge on any atom is 0.191 e. The number of para-hydroxylation sites is 1. The van der Waals surface area contributed by atoms with E-state index in [1.165, 1.54) is 0 Å². The van der Waals surface area contributed by atoms with Crippen LogP contribution >= 0.6 is 0 Å². The zero-order valence-electron chi connectivity index (χ0n) is 16.9. The third kappa shape index (κ3) is 5.15. The van der Waals surface area contributed by atoms with Gasteiger partial charge in [0.15, 0.2) is 17.5 Å². The molecule has 7 heteroatoms. The average molecular weight is 374 g/mol. The van der Waals surface area contributed by atoms with Gasteiger partial charge >= 0.3 is 0 Å². The van der Waals surface area contributed by atoms with Crippen LogP contribution in [-0.2, 0) is 25.9 Å². The van der Waals surface area contributed by atoms with Gasteiger partial charge in [-0.25, -0.2) is 4.99 Å². The Morgan fingerprint density at radius 2 is 1.93 bits per heavy atom. The summed E-state index contributed by atoms with van der Waals surface area (Å²) in [6.45, 7) is 8.05. The molecule has 0 bridgehead atoms. The van der Waals surface area contributed by atoms with Gasteiger partial charge in [0.05, 0.1) is 26.5 Å². The van der Waals surface area contributed by atoms with Crippen LogP contribution in [0, 0.1) is 0 Å². The fraction of sp³-hybridized carbons (Fsp3) is 0.500. The lowest BCUT2D eigenvalue weighted by molar-refractivity contribution is 0.352. The van der Waals surface area contributed by atoms with Crippen molar-refractivity contribution in [1.29, 1.82) is 0 Å². The number of guanidine groups is 1. The van der Waals surface area contributed by atoms with E-state index in [2.05, 4.69) is 34.6 Å². The summed E-state index contributed by atoms with van der Waals surface area (Å²) < 4.78 is 16.3. The van der Waals surface area contributed by atoms with Crippen molar-refractivity contribution >= 4 is 5.96 Å². The van der Waals surface area contributed by atoms with Crippen molar-refractivity contribution in [3.63, 3.8) is 0 Å². The smallest absolute Gasteiger partial charge is 0.191 e. The van der Waals surface area contributed by atoms with Crippen LogP contribution in [-0.4, -0.2) is 31.9 Å². The fourth-order valence-corrected chi connectivity index (χ4v) is 2.89. The Balaban J connectivity index is 2.15. The largest absolute Gasteiger partial charge is 0.493 e. The summed E-state index contributed by atoms with van der Waals surface area (Å²) in [5.41, 5.74) is 3.07. The predicted octanol–water partition coefficient (Wildman–Crippen LogP) is 3.07. The molecule has 2 rings (SSSR count). The molecule has 0 spiro atoms. The van der Waals surface area contributed by atoms with Crippen LogP contribution in [0.3, 0.4) is 0 Å². The zero-order valence-corrected chi connectivity index (χ0v) is 16.9. The number of nitrogens with one attached hydrogen (secondary N) is 2. The first-order valence-electron chi connectivity index (χ1n) is 9.36. The second kappa shape index (κ2) is 10.4. The van der Waals surface area contributed by atoms with Crippen LogP contribution < -0.4 is 20.1 Å². The molecule has 2 aromatic rings. The standard InChI is InChI=1S/C20H30N4O3/c1-6-16-15(17(7-2)27-24-16)13-23-20(21-8-3)22-12-14-10-9-11-18(25-4)19(14)26-5/h9-11H,6-8,12-13H2,1-5H3,(H2,21,22,23). The lowest BCUT2D eigenvalue weighted by Crippen LogP contribution is -2.37. The Morgan fingerprint density at radius 3 is 2.56 bits per heavy atom. The number of methoxy groups -OCH3 is 2. The van der Waals surface area contributed by atoms with Crippen LogP contribution in [0.5, 0.6) is 11.5 Å². The number of hydrogen-bond acceptors (Lipinski definition) is 5. The van der Waals surface area contributed by atoms with Crippen molar-refractivity contribution in [3.05, 3.63) is 40.8 Å². The van der Waals surface area contributed by atoms with E-state index in [0.29, 0.717) is 24.6 Å². The quantitative estimate of drug-likeness (QED) is 0.519. The topological polar surface area (TPSA) is 80.9 Å². The highest BCUT2D eigenvalue weighted by Crippen LogP contribution is 2.31. The van der Waals surface area contributed by atoms with Crippen molar-refractivity contribution in [1.82, 2.24) is 15.8 Å². The molecule has 0 unspecified atom stereocenters. The SMILES string of the molecule is CCNC(=NCc1cccc(OC)c1OC)NCc1c(CC)noc1CC. The second-order valence-corrected chi connectivity index (χ2v) is 5.94. The third-order valence-corrected chi connectivity index (χ3v) is 4.28. The summed E-state index contributed by atoms with van der Waals surface area (Å²) in [5, 5.41) is 10.8. The number of aliphatic imine (C=N–C) groups is 1. The molecule has 148 valence electrons. The minimum atomic E-state index is 0.473. The summed E-state index contributed by atoms with van der Waals surface area (Å²) >= 11 is 0. The highest BCUT2D eigenvalue weighted by Gasteiger charge is 2.14. The van der Waals surface area contributed by atoms with Crippen molar-refractivity contribution in [2.75, 3.05) is 20.8 Å². The van der Waals surface area contributed by atoms with E-state index >= 15 is 0 Å². The first kappa shape index (κ1) is 20.6. The number of aromatic nitrogens is 1. The lowest BCUT2D eigenvalue weighted by Gasteiger charge is -2.14. The Morgan fingerprint density at radius 1 is 1.11 bits per heavy atom. The molecule has 7 nitrogen and oxygen atoms in total. The van der Waals surface area contributed by atoms with E-state index in [1.54, 1.807) is 14.2 Å². The monoisotopic (exact) mass is 374 g/mol. The Labute approximate surface area is 161 Å². The molecule has 0 fully saturated rings. The highest BCUT2D eigenvalue weighted by atomic mass is 16.5. The number of nitrogens with zero attached hydrogens (tertiary/aromatic N) is 2. The Bertz CT molecular complexity index is 734. The minimum absolute atomic E-state index is 0.473. The van der Waals surface area contributed by atoms with Gasteiger partial charge < -0.3 is 24.6 Å². The number of aryl methyl sites for hydroxylation is 2. The molecule has 0 saturated heterocycles. The molecule has 0 amide bonds. The molecule has 1 aromatic carbocycles. The van der Waals surface area contributed by atoms with Gasteiger partial charge in [0.25, 0.3) is 0 Å². The third-order valence-electron chi connectivity index (χ3n) is 4.28. The lowest BCUT2D eigenvalue weighted by atomic mass is 10.1. The molecular formula is C20H30N4O3. The van der Waals surface area contributed by atoms with E-state index in [0.717, 1.165) is 47.9 Å². The van der Waals surface area contributed by atoms with Crippen LogP contribution in [0.25, 0.3) is 0 Å².